The second-order valence-corrected chi connectivity index (χ2v) is 9.71. The number of benzene rings is 3. The molecule has 0 spiro atoms. The average Bonchev–Trinajstić information content (AvgIpc) is 3.53. The highest BCUT2D eigenvalue weighted by molar-refractivity contribution is 8.15. The van der Waals surface area contributed by atoms with E-state index in [4.69, 9.17) is 14.6 Å². The fraction of sp³-hybridized carbons (Fsp3) is 0.214. The third kappa shape index (κ3) is 5.36. The summed E-state index contributed by atoms with van der Waals surface area (Å²) in [6.45, 7) is 0. The molecule has 0 saturated carbocycles. The Bertz CT molecular complexity index is 1360. The molecule has 0 unspecified atom stereocenters. The number of thioether (sulfide) groups is 1. The number of aliphatic imine (C=N–C) groups is 1. The van der Waals surface area contributed by atoms with Gasteiger partial charge >= 0.3 is 0 Å². The summed E-state index contributed by atoms with van der Waals surface area (Å²) < 4.78 is 10.6. The molecule has 5 rings (SSSR count). The van der Waals surface area contributed by atoms with Crippen molar-refractivity contribution in [3.8, 4) is 11.5 Å². The predicted molar refractivity (Wildman–Crippen MR) is 145 cm³/mol. The summed E-state index contributed by atoms with van der Waals surface area (Å²) in [5.41, 5.74) is 3.50. The van der Waals surface area contributed by atoms with E-state index < -0.39 is 5.25 Å². The van der Waals surface area contributed by atoms with Crippen molar-refractivity contribution in [3.05, 3.63) is 90.0 Å². The van der Waals surface area contributed by atoms with Gasteiger partial charge in [-0.2, -0.15) is 10.1 Å². The molecule has 2 aliphatic rings. The number of nitrogens with one attached hydrogen (secondary N) is 1. The van der Waals surface area contributed by atoms with Gasteiger partial charge in [-0.25, -0.2) is 5.01 Å². The standard InChI is InChI=1S/C28H26N4O4S/c1-35-20-14-12-18(13-15-20)22-16-23(19-8-4-3-5-9-19)32(31-22)28-30-27(34)25(37-28)17-26(33)29-21-10-6-7-11-24(21)36-2/h3-15,23,25H,16-17H2,1-2H3,(H,29,33)/t23-,25+/m0/s1. The Morgan fingerprint density at radius 3 is 2.46 bits per heavy atom. The van der Waals surface area contributed by atoms with E-state index in [9.17, 15) is 9.59 Å². The van der Waals surface area contributed by atoms with Crippen LogP contribution in [0.5, 0.6) is 11.5 Å². The highest BCUT2D eigenvalue weighted by atomic mass is 32.2. The van der Waals surface area contributed by atoms with Crippen LogP contribution in [0.25, 0.3) is 0 Å². The normalized spacial score (nSPS) is 18.9. The lowest BCUT2D eigenvalue weighted by Crippen LogP contribution is -2.25. The fourth-order valence-corrected chi connectivity index (χ4v) is 5.36. The lowest BCUT2D eigenvalue weighted by molar-refractivity contribution is -0.121. The van der Waals surface area contributed by atoms with E-state index in [1.54, 1.807) is 26.4 Å². The third-order valence-corrected chi connectivity index (χ3v) is 7.34. The first-order valence-electron chi connectivity index (χ1n) is 11.8. The number of amidine groups is 1. The molecule has 9 heteroatoms. The Morgan fingerprint density at radius 2 is 1.73 bits per heavy atom. The number of amides is 2. The Kier molecular flexibility index (Phi) is 7.23. The zero-order chi connectivity index (χ0) is 25.8. The van der Waals surface area contributed by atoms with Crippen LogP contribution in [0.15, 0.2) is 89.0 Å². The molecule has 8 nitrogen and oxygen atoms in total. The summed E-state index contributed by atoms with van der Waals surface area (Å²) in [6.07, 6.45) is 0.649. The SMILES string of the molecule is COc1ccc(C2=NN(C3=NC(=O)[C@@H](CC(=O)Nc4ccccc4OC)S3)[C@H](c3ccccc3)C2)cc1. The van der Waals surface area contributed by atoms with Gasteiger partial charge in [-0.1, -0.05) is 54.2 Å². The van der Waals surface area contributed by atoms with Crippen LogP contribution in [0.2, 0.25) is 0 Å². The van der Waals surface area contributed by atoms with E-state index in [-0.39, 0.29) is 24.3 Å². The molecule has 2 atom stereocenters. The maximum atomic E-state index is 12.8. The van der Waals surface area contributed by atoms with Crippen LogP contribution in [0.1, 0.15) is 30.0 Å². The summed E-state index contributed by atoms with van der Waals surface area (Å²) in [7, 11) is 3.18. The molecule has 2 aliphatic heterocycles. The number of rotatable bonds is 7. The van der Waals surface area contributed by atoms with Crippen LogP contribution < -0.4 is 14.8 Å². The van der Waals surface area contributed by atoms with Crippen molar-refractivity contribution >= 4 is 40.1 Å². The molecular weight excluding hydrogens is 488 g/mol. The Balaban J connectivity index is 1.34. The first kappa shape index (κ1) is 24.6. The minimum atomic E-state index is -0.624. The van der Waals surface area contributed by atoms with Gasteiger partial charge in [0.1, 0.15) is 16.7 Å². The van der Waals surface area contributed by atoms with E-state index in [1.165, 1.54) is 11.8 Å². The van der Waals surface area contributed by atoms with E-state index in [0.29, 0.717) is 23.0 Å². The second kappa shape index (κ2) is 10.9. The van der Waals surface area contributed by atoms with Gasteiger partial charge in [0.25, 0.3) is 5.91 Å². The van der Waals surface area contributed by atoms with Gasteiger partial charge < -0.3 is 14.8 Å². The van der Waals surface area contributed by atoms with E-state index in [0.717, 1.165) is 22.6 Å². The van der Waals surface area contributed by atoms with Gasteiger partial charge in [-0.15, -0.1) is 0 Å². The maximum Gasteiger partial charge on any atom is 0.262 e. The summed E-state index contributed by atoms with van der Waals surface area (Å²) in [6, 6.07) is 24.8. The highest BCUT2D eigenvalue weighted by Gasteiger charge is 2.39. The highest BCUT2D eigenvalue weighted by Crippen LogP contribution is 2.38. The van der Waals surface area contributed by atoms with Crippen LogP contribution in [0.4, 0.5) is 5.69 Å². The first-order chi connectivity index (χ1) is 18.1. The van der Waals surface area contributed by atoms with Crippen molar-refractivity contribution in [3.63, 3.8) is 0 Å². The minimum absolute atomic E-state index is 0.00650. The van der Waals surface area contributed by atoms with Crippen LogP contribution in [0, 0.1) is 0 Å². The molecule has 37 heavy (non-hydrogen) atoms. The number of anilines is 1. The molecule has 3 aromatic carbocycles. The number of hydrogen-bond donors (Lipinski definition) is 1. The number of hydrogen-bond acceptors (Lipinski definition) is 7. The summed E-state index contributed by atoms with van der Waals surface area (Å²) in [5, 5.41) is 9.40. The summed E-state index contributed by atoms with van der Waals surface area (Å²) in [5.74, 6) is 0.709. The van der Waals surface area contributed by atoms with E-state index >= 15 is 0 Å². The molecule has 2 amide bonds. The molecule has 188 valence electrons. The molecule has 0 aromatic heterocycles. The van der Waals surface area contributed by atoms with Gasteiger partial charge in [0, 0.05) is 12.8 Å². The monoisotopic (exact) mass is 514 g/mol. The van der Waals surface area contributed by atoms with Crippen molar-refractivity contribution in [1.29, 1.82) is 0 Å². The maximum absolute atomic E-state index is 12.8. The van der Waals surface area contributed by atoms with E-state index in [2.05, 4.69) is 10.3 Å². The van der Waals surface area contributed by atoms with E-state index in [1.807, 2.05) is 71.7 Å². The Labute approximate surface area is 219 Å². The third-order valence-electron chi connectivity index (χ3n) is 6.19. The quantitative estimate of drug-likeness (QED) is 0.483. The van der Waals surface area contributed by atoms with Crippen LogP contribution in [-0.4, -0.2) is 47.2 Å². The number of nitrogens with zero attached hydrogens (tertiary/aromatic N) is 3. The van der Waals surface area contributed by atoms with Crippen LogP contribution in [0.3, 0.4) is 0 Å². The molecule has 0 saturated heterocycles. The number of hydrazone groups is 1. The summed E-state index contributed by atoms with van der Waals surface area (Å²) >= 11 is 1.27. The molecule has 0 bridgehead atoms. The molecule has 2 heterocycles. The van der Waals surface area contributed by atoms with Gasteiger partial charge in [-0.05, 0) is 47.5 Å². The molecule has 0 radical (unpaired) electrons. The lowest BCUT2D eigenvalue weighted by atomic mass is 9.98. The zero-order valence-electron chi connectivity index (χ0n) is 20.5. The number of carbonyl (C=O) groups is 2. The van der Waals surface area contributed by atoms with Crippen molar-refractivity contribution in [2.24, 2.45) is 10.1 Å². The van der Waals surface area contributed by atoms with Gasteiger partial charge in [0.2, 0.25) is 5.91 Å². The molecule has 0 aliphatic carbocycles. The second-order valence-electron chi connectivity index (χ2n) is 8.54. The Hall–Kier alpha value is -4.11. The van der Waals surface area contributed by atoms with Crippen molar-refractivity contribution in [1.82, 2.24) is 5.01 Å². The number of methoxy groups -OCH3 is 2. The lowest BCUT2D eigenvalue weighted by Gasteiger charge is -2.23. The smallest absolute Gasteiger partial charge is 0.262 e. The number of ether oxygens (including phenoxy) is 2. The fourth-order valence-electron chi connectivity index (χ4n) is 4.30. The van der Waals surface area contributed by atoms with Crippen LogP contribution in [-0.2, 0) is 9.59 Å². The predicted octanol–water partition coefficient (Wildman–Crippen LogP) is 4.88. The number of para-hydroxylation sites is 2. The average molecular weight is 515 g/mol. The largest absolute Gasteiger partial charge is 0.497 e. The van der Waals surface area contributed by atoms with Gasteiger partial charge in [0.05, 0.1) is 31.7 Å². The van der Waals surface area contributed by atoms with Crippen LogP contribution >= 0.6 is 11.8 Å². The van der Waals surface area contributed by atoms with Gasteiger partial charge in [-0.3, -0.25) is 9.59 Å². The summed E-state index contributed by atoms with van der Waals surface area (Å²) in [4.78, 5) is 29.9. The molecule has 1 N–H and O–H groups in total. The van der Waals surface area contributed by atoms with Crippen molar-refractivity contribution in [2.75, 3.05) is 19.5 Å². The molecular formula is C28H26N4O4S. The minimum Gasteiger partial charge on any atom is -0.497 e. The molecule has 0 fully saturated rings. The van der Waals surface area contributed by atoms with Crippen molar-refractivity contribution in [2.45, 2.75) is 24.1 Å². The zero-order valence-corrected chi connectivity index (χ0v) is 21.3. The van der Waals surface area contributed by atoms with Gasteiger partial charge in [0.15, 0.2) is 5.17 Å². The molecule has 3 aromatic rings. The topological polar surface area (TPSA) is 92.6 Å². The first-order valence-corrected chi connectivity index (χ1v) is 12.7. The number of carbonyl (C=O) groups excluding carboxylic acids is 2. The Morgan fingerprint density at radius 1 is 1.00 bits per heavy atom. The van der Waals surface area contributed by atoms with Crippen molar-refractivity contribution < 1.29 is 19.1 Å².